The number of hydrogen-bond donors (Lipinski definition) is 1. The Bertz CT molecular complexity index is 1950. The number of anilines is 1. The number of esters is 1. The van der Waals surface area contributed by atoms with Crippen LogP contribution in [0.25, 0.3) is 10.9 Å². The van der Waals surface area contributed by atoms with Gasteiger partial charge in [-0.1, -0.05) is 121 Å². The predicted molar refractivity (Wildman–Crippen MR) is 174 cm³/mol. The third-order valence-corrected chi connectivity index (χ3v) is 8.70. The Balaban J connectivity index is 1.30. The molecule has 6 aromatic rings. The van der Waals surface area contributed by atoms with Gasteiger partial charge in [-0.25, -0.2) is 9.48 Å². The Morgan fingerprint density at radius 1 is 0.841 bits per heavy atom. The number of para-hydroxylation sites is 1. The van der Waals surface area contributed by atoms with Gasteiger partial charge in [0.1, 0.15) is 12.6 Å². The number of fused-ring (bicyclic) bond motifs is 2. The molecule has 8 heteroatoms. The number of carbonyl (C=O) groups excluding carboxylic acids is 1. The van der Waals surface area contributed by atoms with Gasteiger partial charge in [-0.2, -0.15) is 4.98 Å². The number of rotatable bonds is 9. The van der Waals surface area contributed by atoms with Crippen molar-refractivity contribution in [1.82, 2.24) is 19.3 Å². The zero-order valence-electron chi connectivity index (χ0n) is 24.3. The molecule has 0 fully saturated rings. The van der Waals surface area contributed by atoms with Crippen LogP contribution >= 0.6 is 11.8 Å². The minimum Gasteiger partial charge on any atom is -0.457 e. The molecule has 218 valence electrons. The summed E-state index contributed by atoms with van der Waals surface area (Å²) >= 11 is 1.57. The van der Waals surface area contributed by atoms with Crippen molar-refractivity contribution in [3.63, 3.8) is 0 Å². The Kier molecular flexibility index (Phi) is 7.73. The number of aromatic nitrogens is 4. The highest BCUT2D eigenvalue weighted by Gasteiger charge is 2.37. The van der Waals surface area contributed by atoms with Gasteiger partial charge in [-0.05, 0) is 29.7 Å². The van der Waals surface area contributed by atoms with Crippen LogP contribution < -0.4 is 5.32 Å². The molecule has 0 aliphatic carbocycles. The zero-order valence-corrected chi connectivity index (χ0v) is 25.1. The Morgan fingerprint density at radius 2 is 1.48 bits per heavy atom. The highest BCUT2D eigenvalue weighted by atomic mass is 32.2. The highest BCUT2D eigenvalue weighted by Crippen LogP contribution is 2.40. The van der Waals surface area contributed by atoms with E-state index >= 15 is 0 Å². The van der Waals surface area contributed by atoms with E-state index in [1.54, 1.807) is 11.8 Å². The summed E-state index contributed by atoms with van der Waals surface area (Å²) in [7, 11) is 0. The van der Waals surface area contributed by atoms with E-state index in [0.29, 0.717) is 28.9 Å². The summed E-state index contributed by atoms with van der Waals surface area (Å²) in [6.07, 6.45) is 2.15. The molecule has 44 heavy (non-hydrogen) atoms. The molecule has 1 aliphatic rings. The van der Waals surface area contributed by atoms with Crippen LogP contribution in [0.4, 0.5) is 5.95 Å². The van der Waals surface area contributed by atoms with Gasteiger partial charge in [-0.3, -0.25) is 0 Å². The van der Waals surface area contributed by atoms with E-state index in [0.717, 1.165) is 27.8 Å². The van der Waals surface area contributed by atoms with Crippen LogP contribution in [0.2, 0.25) is 0 Å². The molecule has 1 atom stereocenters. The summed E-state index contributed by atoms with van der Waals surface area (Å²) < 4.78 is 10.0. The molecule has 2 aromatic heterocycles. The topological polar surface area (TPSA) is 74.0 Å². The molecular weight excluding hydrogens is 566 g/mol. The minimum absolute atomic E-state index is 0.182. The minimum atomic E-state index is -0.532. The van der Waals surface area contributed by atoms with Gasteiger partial charge in [-0.15, -0.1) is 5.10 Å². The molecular formula is C36H31N5O2S. The van der Waals surface area contributed by atoms with Crippen LogP contribution in [0.5, 0.6) is 0 Å². The molecule has 1 aliphatic heterocycles. The number of ether oxygens (including phenoxy) is 1. The lowest BCUT2D eigenvalue weighted by molar-refractivity contribution is -0.140. The molecule has 0 bridgehead atoms. The molecule has 1 N–H and O–H groups in total. The molecule has 7 rings (SSSR count). The van der Waals surface area contributed by atoms with Crippen LogP contribution in [0.15, 0.2) is 138 Å². The monoisotopic (exact) mass is 597 g/mol. The zero-order chi connectivity index (χ0) is 29.9. The molecule has 4 aromatic carbocycles. The largest absolute Gasteiger partial charge is 0.457 e. The smallest absolute Gasteiger partial charge is 0.338 e. The van der Waals surface area contributed by atoms with Crippen LogP contribution in [0.1, 0.15) is 35.2 Å². The summed E-state index contributed by atoms with van der Waals surface area (Å²) in [6, 6.07) is 38.2. The third-order valence-electron chi connectivity index (χ3n) is 7.79. The number of benzene rings is 4. The number of nitrogens with zero attached hydrogens (tertiary/aromatic N) is 4. The SMILES string of the molecule is CC1=C(C(=O)OCc2ccccc2)C(c2cn(Cc3ccccc3)c3ccccc23)n2nc(SCc3ccccc3)nc2N1. The second-order valence-corrected chi connectivity index (χ2v) is 11.7. The number of thioether (sulfide) groups is 1. The number of carbonyl (C=O) groups is 1. The fourth-order valence-corrected chi connectivity index (χ4v) is 6.46. The molecule has 0 radical (unpaired) electrons. The predicted octanol–water partition coefficient (Wildman–Crippen LogP) is 7.61. The first-order chi connectivity index (χ1) is 21.6. The van der Waals surface area contributed by atoms with E-state index < -0.39 is 6.04 Å². The van der Waals surface area contributed by atoms with E-state index in [1.807, 2.05) is 78.3 Å². The van der Waals surface area contributed by atoms with Gasteiger partial charge in [0.25, 0.3) is 0 Å². The lowest BCUT2D eigenvalue weighted by atomic mass is 9.95. The van der Waals surface area contributed by atoms with Crippen LogP contribution in [0.3, 0.4) is 0 Å². The molecule has 3 heterocycles. The summed E-state index contributed by atoms with van der Waals surface area (Å²) in [5.74, 6) is 0.954. The second kappa shape index (κ2) is 12.3. The quantitative estimate of drug-likeness (QED) is 0.137. The van der Waals surface area contributed by atoms with Gasteiger partial charge in [0.2, 0.25) is 11.1 Å². The maximum atomic E-state index is 13.9. The molecule has 0 amide bonds. The van der Waals surface area contributed by atoms with Crippen molar-refractivity contribution in [1.29, 1.82) is 0 Å². The Labute approximate surface area is 260 Å². The molecule has 1 unspecified atom stereocenters. The Hall–Kier alpha value is -5.08. The van der Waals surface area contributed by atoms with Crippen molar-refractivity contribution in [2.75, 3.05) is 5.32 Å². The number of nitrogens with one attached hydrogen (secondary N) is 1. The van der Waals surface area contributed by atoms with Crippen molar-refractivity contribution >= 4 is 34.6 Å². The van der Waals surface area contributed by atoms with Crippen molar-refractivity contribution in [3.05, 3.63) is 155 Å². The Morgan fingerprint density at radius 3 is 2.20 bits per heavy atom. The first kappa shape index (κ1) is 27.7. The first-order valence-electron chi connectivity index (χ1n) is 14.6. The molecule has 0 spiro atoms. The fraction of sp³-hybridized carbons (Fsp3) is 0.139. The third kappa shape index (κ3) is 5.64. The highest BCUT2D eigenvalue weighted by molar-refractivity contribution is 7.98. The van der Waals surface area contributed by atoms with Crippen molar-refractivity contribution in [2.24, 2.45) is 0 Å². The van der Waals surface area contributed by atoms with Gasteiger partial charge in [0, 0.05) is 40.7 Å². The molecule has 0 saturated carbocycles. The molecule has 7 nitrogen and oxygen atoms in total. The summed E-state index contributed by atoms with van der Waals surface area (Å²) in [5.41, 5.74) is 6.58. The first-order valence-corrected chi connectivity index (χ1v) is 15.6. The van der Waals surface area contributed by atoms with E-state index in [2.05, 4.69) is 64.6 Å². The van der Waals surface area contributed by atoms with E-state index in [1.165, 1.54) is 11.1 Å². The van der Waals surface area contributed by atoms with Gasteiger partial charge < -0.3 is 14.6 Å². The van der Waals surface area contributed by atoms with E-state index in [-0.39, 0.29) is 12.6 Å². The van der Waals surface area contributed by atoms with Gasteiger partial charge in [0.05, 0.1) is 5.57 Å². The lowest BCUT2D eigenvalue weighted by Crippen LogP contribution is -2.29. The normalized spacial score (nSPS) is 14.3. The maximum Gasteiger partial charge on any atom is 0.338 e. The summed E-state index contributed by atoms with van der Waals surface area (Å²) in [6.45, 7) is 2.79. The van der Waals surface area contributed by atoms with Crippen LogP contribution in [-0.2, 0) is 28.4 Å². The van der Waals surface area contributed by atoms with Crippen molar-refractivity contribution in [3.8, 4) is 0 Å². The molecule has 0 saturated heterocycles. The fourth-order valence-electron chi connectivity index (χ4n) is 5.67. The van der Waals surface area contributed by atoms with Crippen molar-refractivity contribution in [2.45, 2.75) is 37.0 Å². The van der Waals surface area contributed by atoms with Gasteiger partial charge >= 0.3 is 5.97 Å². The number of hydrogen-bond acceptors (Lipinski definition) is 6. The van der Waals surface area contributed by atoms with E-state index in [9.17, 15) is 4.79 Å². The summed E-state index contributed by atoms with van der Waals surface area (Å²) in [4.78, 5) is 18.8. The average molecular weight is 598 g/mol. The number of allylic oxidation sites excluding steroid dienone is 1. The van der Waals surface area contributed by atoms with Crippen molar-refractivity contribution < 1.29 is 9.53 Å². The summed E-state index contributed by atoms with van der Waals surface area (Å²) in [5, 5.41) is 10.0. The van der Waals surface area contributed by atoms with E-state index in [4.69, 9.17) is 14.8 Å². The lowest BCUT2D eigenvalue weighted by Gasteiger charge is -2.27. The van der Waals surface area contributed by atoms with Crippen LogP contribution in [0, 0.1) is 0 Å². The van der Waals surface area contributed by atoms with Gasteiger partial charge in [0.15, 0.2) is 0 Å². The maximum absolute atomic E-state index is 13.9. The standard InChI is InChI=1S/C36H31N5O2S/c1-25-32(34(42)43-23-27-15-7-3-8-16-27)33(41-35(37-25)38-36(39-41)44-24-28-17-9-4-10-18-28)30-22-40(21-26-13-5-2-6-14-26)31-20-12-11-19-29(30)31/h2-20,22,33H,21,23-24H2,1H3,(H,37,38,39). The average Bonchev–Trinajstić information content (AvgIpc) is 3.64. The second-order valence-electron chi connectivity index (χ2n) is 10.8. The van der Waals surface area contributed by atoms with Crippen LogP contribution in [-0.4, -0.2) is 25.3 Å².